The van der Waals surface area contributed by atoms with Crippen LogP contribution in [0.4, 0.5) is 10.1 Å². The molecule has 3 aromatic carbocycles. The maximum Gasteiger partial charge on any atom is 0.258 e. The van der Waals surface area contributed by atoms with Gasteiger partial charge in [0, 0.05) is 47.3 Å². The third-order valence-corrected chi connectivity index (χ3v) is 11.8. The zero-order valence-corrected chi connectivity index (χ0v) is 33.7. The Hall–Kier alpha value is -4.42. The van der Waals surface area contributed by atoms with Crippen molar-refractivity contribution in [2.24, 2.45) is 23.7 Å². The number of benzene rings is 3. The Morgan fingerprint density at radius 2 is 1.40 bits per heavy atom. The van der Waals surface area contributed by atoms with Gasteiger partial charge < -0.3 is 19.9 Å². The van der Waals surface area contributed by atoms with Crippen molar-refractivity contribution in [2.75, 3.05) is 5.32 Å². The van der Waals surface area contributed by atoms with Crippen molar-refractivity contribution in [3.05, 3.63) is 127 Å². The molecule has 6 rings (SSSR count). The van der Waals surface area contributed by atoms with E-state index in [1.807, 2.05) is 72.8 Å². The molecular formula is C49H62FN3O2. The van der Waals surface area contributed by atoms with Gasteiger partial charge in [-0.05, 0) is 128 Å². The lowest BCUT2D eigenvalue weighted by Gasteiger charge is -2.39. The lowest BCUT2D eigenvalue weighted by molar-refractivity contribution is 0.102. The summed E-state index contributed by atoms with van der Waals surface area (Å²) >= 11 is 0. The zero-order valence-electron chi connectivity index (χ0n) is 33.7. The van der Waals surface area contributed by atoms with E-state index in [0.29, 0.717) is 54.7 Å². The van der Waals surface area contributed by atoms with Crippen LogP contribution in [0.3, 0.4) is 0 Å². The van der Waals surface area contributed by atoms with Crippen molar-refractivity contribution in [3.8, 4) is 22.4 Å². The topological polar surface area (TPSA) is 57.5 Å². The molecule has 0 radical (unpaired) electrons. The van der Waals surface area contributed by atoms with E-state index < -0.39 is 6.10 Å². The van der Waals surface area contributed by atoms with Crippen LogP contribution in [-0.4, -0.2) is 32.6 Å². The molecule has 292 valence electrons. The first-order valence-corrected chi connectivity index (χ1v) is 20.7. The Morgan fingerprint density at radius 3 is 1.96 bits per heavy atom. The number of allylic oxidation sites excluding steroid dienone is 1. The number of anilines is 1. The fourth-order valence-electron chi connectivity index (χ4n) is 8.36. The van der Waals surface area contributed by atoms with Crippen molar-refractivity contribution in [2.45, 2.75) is 117 Å². The van der Waals surface area contributed by atoms with Gasteiger partial charge in [0.25, 0.3) is 5.91 Å². The molecule has 0 saturated heterocycles. The highest BCUT2D eigenvalue weighted by Crippen LogP contribution is 2.50. The van der Waals surface area contributed by atoms with Gasteiger partial charge in [-0.25, -0.2) is 4.39 Å². The SMILES string of the molecule is C=C(CC(O)CCCCn1c(-c2ccc(F)cc2)c(-c2ccccc2)c(C(=O)Nc2ccccc2)c1C(C)C)N(C(=C)CC(C)C(C)C)C(C1CC1)C1CC1. The number of aliphatic hydroxyl groups excluding tert-OH is 1. The molecule has 2 aliphatic carbocycles. The summed E-state index contributed by atoms with van der Waals surface area (Å²) in [6.45, 7) is 21.0. The first-order valence-electron chi connectivity index (χ1n) is 20.7. The molecule has 4 aromatic rings. The second-order valence-corrected chi connectivity index (χ2v) is 16.9. The average molecular weight is 744 g/mol. The van der Waals surface area contributed by atoms with Crippen molar-refractivity contribution in [1.29, 1.82) is 0 Å². The second kappa shape index (κ2) is 18.0. The molecule has 5 nitrogen and oxygen atoms in total. The molecule has 1 amide bonds. The molecule has 0 aliphatic heterocycles. The predicted molar refractivity (Wildman–Crippen MR) is 226 cm³/mol. The summed E-state index contributed by atoms with van der Waals surface area (Å²) < 4.78 is 16.6. The molecule has 2 fully saturated rings. The van der Waals surface area contributed by atoms with Gasteiger partial charge in [0.05, 0.1) is 17.4 Å². The van der Waals surface area contributed by atoms with Crippen LogP contribution in [-0.2, 0) is 6.54 Å². The summed E-state index contributed by atoms with van der Waals surface area (Å²) in [6.07, 6.45) is 8.34. The van der Waals surface area contributed by atoms with Gasteiger partial charge >= 0.3 is 0 Å². The highest BCUT2D eigenvalue weighted by Gasteiger charge is 2.46. The quantitative estimate of drug-likeness (QED) is 0.0886. The third kappa shape index (κ3) is 9.88. The molecule has 0 bridgehead atoms. The number of carbonyl (C=O) groups excluding carboxylic acids is 1. The Kier molecular flexibility index (Phi) is 13.2. The Bertz CT molecular complexity index is 1890. The molecule has 2 unspecified atom stereocenters. The molecule has 0 spiro atoms. The van der Waals surface area contributed by atoms with E-state index in [9.17, 15) is 14.3 Å². The zero-order chi connectivity index (χ0) is 39.2. The first-order chi connectivity index (χ1) is 26.4. The maximum absolute atomic E-state index is 14.4. The van der Waals surface area contributed by atoms with E-state index in [2.05, 4.69) is 62.6 Å². The number of halogens is 1. The number of para-hydroxylation sites is 1. The predicted octanol–water partition coefficient (Wildman–Crippen LogP) is 12.5. The van der Waals surface area contributed by atoms with Gasteiger partial charge in [0.15, 0.2) is 0 Å². The minimum Gasteiger partial charge on any atom is -0.393 e. The minimum absolute atomic E-state index is 0.0190. The largest absolute Gasteiger partial charge is 0.393 e. The number of rotatable bonds is 20. The molecule has 6 heteroatoms. The van der Waals surface area contributed by atoms with Crippen molar-refractivity contribution < 1.29 is 14.3 Å². The summed E-state index contributed by atoms with van der Waals surface area (Å²) in [5.41, 5.74) is 7.99. The highest BCUT2D eigenvalue weighted by molar-refractivity contribution is 6.12. The number of aliphatic hydroxyl groups is 1. The number of unbranched alkanes of at least 4 members (excludes halogenated alkanes) is 1. The van der Waals surface area contributed by atoms with Crippen LogP contribution in [0.2, 0.25) is 0 Å². The van der Waals surface area contributed by atoms with E-state index >= 15 is 0 Å². The normalized spacial score (nSPS) is 15.4. The number of aromatic nitrogens is 1. The van der Waals surface area contributed by atoms with Gasteiger partial charge in [-0.1, -0.05) is 96.3 Å². The number of hydrogen-bond acceptors (Lipinski definition) is 3. The van der Waals surface area contributed by atoms with Gasteiger partial charge in [0.2, 0.25) is 0 Å². The lowest BCUT2D eigenvalue weighted by Crippen LogP contribution is -2.38. The van der Waals surface area contributed by atoms with Gasteiger partial charge in [-0.2, -0.15) is 0 Å². The van der Waals surface area contributed by atoms with Gasteiger partial charge in [-0.3, -0.25) is 4.79 Å². The molecule has 2 N–H and O–H groups in total. The molecular weight excluding hydrogens is 682 g/mol. The van der Waals surface area contributed by atoms with Crippen LogP contribution in [0.25, 0.3) is 22.4 Å². The van der Waals surface area contributed by atoms with Crippen LogP contribution >= 0.6 is 0 Å². The number of amides is 1. The van der Waals surface area contributed by atoms with Crippen LogP contribution in [0.15, 0.2) is 109 Å². The van der Waals surface area contributed by atoms with Crippen LogP contribution in [0, 0.1) is 29.5 Å². The van der Waals surface area contributed by atoms with E-state index in [1.54, 1.807) is 0 Å². The summed E-state index contributed by atoms with van der Waals surface area (Å²) in [5, 5.41) is 14.7. The Morgan fingerprint density at radius 1 is 0.818 bits per heavy atom. The van der Waals surface area contributed by atoms with Crippen molar-refractivity contribution in [1.82, 2.24) is 9.47 Å². The standard InChI is InChI=1S/C49H62FN3O2/c1-32(2)34(5)30-35(6)53(47(38-21-22-38)39-23-24-39)36(7)31-43(54)20-14-15-29-52-46(33(3)4)45(49(55)51-42-18-12-9-13-19-42)44(37-16-10-8-11-17-37)48(52)40-25-27-41(50)28-26-40/h8-13,16-19,25-28,32-34,38-39,43,47,54H,6-7,14-15,20-24,29-31H2,1-5H3,(H,51,55). The highest BCUT2D eigenvalue weighted by atomic mass is 19.1. The smallest absolute Gasteiger partial charge is 0.258 e. The molecule has 55 heavy (non-hydrogen) atoms. The monoisotopic (exact) mass is 743 g/mol. The average Bonchev–Trinajstić information content (AvgIpc) is 4.11. The molecule has 1 heterocycles. The van der Waals surface area contributed by atoms with E-state index in [-0.39, 0.29) is 17.6 Å². The first kappa shape index (κ1) is 40.2. The minimum atomic E-state index is -0.512. The number of carbonyl (C=O) groups is 1. The Labute approximate surface area is 329 Å². The summed E-state index contributed by atoms with van der Waals surface area (Å²) in [7, 11) is 0. The van der Waals surface area contributed by atoms with E-state index in [0.717, 1.165) is 64.4 Å². The molecule has 2 atom stereocenters. The van der Waals surface area contributed by atoms with E-state index in [1.165, 1.54) is 37.8 Å². The Balaban J connectivity index is 1.25. The number of nitrogens with one attached hydrogen (secondary N) is 1. The number of hydrogen-bond donors (Lipinski definition) is 2. The van der Waals surface area contributed by atoms with E-state index in [4.69, 9.17) is 0 Å². The second-order valence-electron chi connectivity index (χ2n) is 16.9. The fraction of sp³-hybridized carbons (Fsp3) is 0.449. The summed E-state index contributed by atoms with van der Waals surface area (Å²) in [4.78, 5) is 16.9. The maximum atomic E-state index is 14.4. The molecule has 2 aliphatic rings. The van der Waals surface area contributed by atoms with Crippen LogP contribution in [0.1, 0.15) is 114 Å². The third-order valence-electron chi connectivity index (χ3n) is 11.8. The van der Waals surface area contributed by atoms with Crippen molar-refractivity contribution in [3.63, 3.8) is 0 Å². The fourth-order valence-corrected chi connectivity index (χ4v) is 8.36. The number of nitrogens with zero attached hydrogens (tertiary/aromatic N) is 2. The summed E-state index contributed by atoms with van der Waals surface area (Å²) in [5.74, 6) is 2.07. The van der Waals surface area contributed by atoms with Gasteiger partial charge in [-0.15, -0.1) is 0 Å². The summed E-state index contributed by atoms with van der Waals surface area (Å²) in [6, 6.07) is 26.6. The molecule has 2 saturated carbocycles. The van der Waals surface area contributed by atoms with Crippen LogP contribution in [0.5, 0.6) is 0 Å². The van der Waals surface area contributed by atoms with Gasteiger partial charge in [0.1, 0.15) is 5.82 Å². The molecule has 1 aromatic heterocycles. The lowest BCUT2D eigenvalue weighted by atomic mass is 9.91. The van der Waals surface area contributed by atoms with Crippen LogP contribution < -0.4 is 5.32 Å². The van der Waals surface area contributed by atoms with Crippen molar-refractivity contribution >= 4 is 11.6 Å².